The van der Waals surface area contributed by atoms with Crippen LogP contribution in [-0.2, 0) is 23.5 Å². The second-order valence-corrected chi connectivity index (χ2v) is 8.39. The Bertz CT molecular complexity index is 1120. The van der Waals surface area contributed by atoms with Crippen LogP contribution in [0.25, 0.3) is 0 Å². The van der Waals surface area contributed by atoms with Crippen LogP contribution < -0.4 is 10.0 Å². The highest BCUT2D eigenvalue weighted by molar-refractivity contribution is 7.92. The number of carbonyl (C=O) groups excluding carboxylic acids is 1. The van der Waals surface area contributed by atoms with Crippen LogP contribution in [0.1, 0.15) is 27.3 Å². The van der Waals surface area contributed by atoms with Crippen molar-refractivity contribution in [3.63, 3.8) is 0 Å². The van der Waals surface area contributed by atoms with Gasteiger partial charge in [0.15, 0.2) is 0 Å². The molecule has 0 aliphatic heterocycles. The molecule has 0 aliphatic rings. The highest BCUT2D eigenvalue weighted by Gasteiger charge is 2.25. The van der Waals surface area contributed by atoms with Crippen molar-refractivity contribution in [2.75, 3.05) is 11.3 Å². The zero-order valence-electron chi connectivity index (χ0n) is 16.6. The van der Waals surface area contributed by atoms with Crippen molar-refractivity contribution in [3.05, 3.63) is 77.1 Å². The van der Waals surface area contributed by atoms with Crippen LogP contribution in [0.3, 0.4) is 0 Å². The molecule has 7 nitrogen and oxygen atoms in total. The summed E-state index contributed by atoms with van der Waals surface area (Å²) in [6.45, 7) is 3.78. The van der Waals surface area contributed by atoms with E-state index < -0.39 is 10.0 Å². The number of anilines is 1. The molecule has 0 radical (unpaired) electrons. The summed E-state index contributed by atoms with van der Waals surface area (Å²) in [5.74, 6) is -0.334. The van der Waals surface area contributed by atoms with E-state index in [0.29, 0.717) is 24.4 Å². The van der Waals surface area contributed by atoms with E-state index in [4.69, 9.17) is 0 Å². The minimum atomic E-state index is -3.89. The number of nitrogens with one attached hydrogen (secondary N) is 2. The van der Waals surface area contributed by atoms with E-state index >= 15 is 0 Å². The number of aryl methyl sites for hydroxylation is 2. The van der Waals surface area contributed by atoms with Crippen LogP contribution >= 0.6 is 0 Å². The molecule has 2 aromatic carbocycles. The monoisotopic (exact) mass is 412 g/mol. The summed E-state index contributed by atoms with van der Waals surface area (Å²) in [7, 11) is -2.20. The highest BCUT2D eigenvalue weighted by Crippen LogP contribution is 2.24. The molecule has 0 fully saturated rings. The summed E-state index contributed by atoms with van der Waals surface area (Å²) in [6.07, 6.45) is 0.689. The number of benzene rings is 2. The highest BCUT2D eigenvalue weighted by atomic mass is 32.2. The minimum absolute atomic E-state index is 0.124. The van der Waals surface area contributed by atoms with Gasteiger partial charge in [0.2, 0.25) is 0 Å². The van der Waals surface area contributed by atoms with E-state index in [0.717, 1.165) is 5.56 Å². The molecule has 2 N–H and O–H groups in total. The summed E-state index contributed by atoms with van der Waals surface area (Å²) in [4.78, 5) is 12.8. The van der Waals surface area contributed by atoms with Gasteiger partial charge in [-0.25, -0.2) is 8.42 Å². The van der Waals surface area contributed by atoms with Gasteiger partial charge in [0.05, 0.1) is 22.6 Å². The number of sulfonamides is 1. The average molecular weight is 413 g/mol. The van der Waals surface area contributed by atoms with Crippen LogP contribution in [0.4, 0.5) is 5.69 Å². The van der Waals surface area contributed by atoms with Crippen LogP contribution in [0.15, 0.2) is 59.5 Å². The zero-order valence-corrected chi connectivity index (χ0v) is 17.5. The maximum absolute atomic E-state index is 12.9. The number of carbonyl (C=O) groups is 1. The lowest BCUT2D eigenvalue weighted by atomic mass is 10.1. The standard InChI is InChI=1S/C21H24N4O3S/c1-15-20(16(2)25(3)23-15)29(27,28)24-19-12-8-7-11-18(19)21(26)22-14-13-17-9-5-4-6-10-17/h4-12,24H,13-14H2,1-3H3,(H,22,26). The van der Waals surface area contributed by atoms with E-state index in [1.807, 2.05) is 30.3 Å². The molecule has 29 heavy (non-hydrogen) atoms. The second-order valence-electron chi connectivity index (χ2n) is 6.77. The fourth-order valence-corrected chi connectivity index (χ4v) is 4.69. The van der Waals surface area contributed by atoms with Gasteiger partial charge in [-0.2, -0.15) is 5.10 Å². The molecule has 3 aromatic rings. The molecule has 1 heterocycles. The Balaban J connectivity index is 1.77. The molecular formula is C21H24N4O3S. The normalized spacial score (nSPS) is 11.3. The molecular weight excluding hydrogens is 388 g/mol. The van der Waals surface area contributed by atoms with Gasteiger partial charge in [-0.3, -0.25) is 14.2 Å². The molecule has 152 valence electrons. The fraction of sp³-hybridized carbons (Fsp3) is 0.238. The molecule has 0 unspecified atom stereocenters. The van der Waals surface area contributed by atoms with Gasteiger partial charge < -0.3 is 5.32 Å². The van der Waals surface area contributed by atoms with Crippen molar-refractivity contribution < 1.29 is 13.2 Å². The number of para-hydroxylation sites is 1. The molecule has 0 saturated heterocycles. The van der Waals surface area contributed by atoms with Crippen LogP contribution in [0, 0.1) is 13.8 Å². The summed E-state index contributed by atoms with van der Waals surface area (Å²) < 4.78 is 29.9. The van der Waals surface area contributed by atoms with Crippen molar-refractivity contribution in [2.45, 2.75) is 25.2 Å². The maximum Gasteiger partial charge on any atom is 0.265 e. The lowest BCUT2D eigenvalue weighted by molar-refractivity contribution is 0.0955. The summed E-state index contributed by atoms with van der Waals surface area (Å²) in [6, 6.07) is 16.4. The van der Waals surface area contributed by atoms with Crippen molar-refractivity contribution >= 4 is 21.6 Å². The zero-order chi connectivity index (χ0) is 21.0. The van der Waals surface area contributed by atoms with E-state index in [2.05, 4.69) is 15.1 Å². The largest absolute Gasteiger partial charge is 0.352 e. The molecule has 0 bridgehead atoms. The predicted molar refractivity (Wildman–Crippen MR) is 112 cm³/mol. The Morgan fingerprint density at radius 1 is 1.03 bits per heavy atom. The van der Waals surface area contributed by atoms with Gasteiger partial charge in [-0.15, -0.1) is 0 Å². The molecule has 1 amide bonds. The number of aromatic nitrogens is 2. The van der Waals surface area contributed by atoms with Gasteiger partial charge in [0.1, 0.15) is 4.90 Å². The Morgan fingerprint density at radius 2 is 1.69 bits per heavy atom. The van der Waals surface area contributed by atoms with E-state index in [1.165, 1.54) is 4.68 Å². The van der Waals surface area contributed by atoms with Gasteiger partial charge in [-0.1, -0.05) is 42.5 Å². The van der Waals surface area contributed by atoms with E-state index in [-0.39, 0.29) is 22.1 Å². The van der Waals surface area contributed by atoms with Crippen molar-refractivity contribution in [1.82, 2.24) is 15.1 Å². The fourth-order valence-electron chi connectivity index (χ4n) is 3.17. The first kappa shape index (κ1) is 20.6. The topological polar surface area (TPSA) is 93.1 Å². The molecule has 0 saturated carbocycles. The maximum atomic E-state index is 12.9. The van der Waals surface area contributed by atoms with Crippen LogP contribution in [0.5, 0.6) is 0 Å². The van der Waals surface area contributed by atoms with Crippen molar-refractivity contribution in [3.8, 4) is 0 Å². The lowest BCUT2D eigenvalue weighted by Gasteiger charge is -2.13. The summed E-state index contributed by atoms with van der Waals surface area (Å²) >= 11 is 0. The third-order valence-electron chi connectivity index (χ3n) is 4.67. The number of hydrogen-bond acceptors (Lipinski definition) is 4. The number of amides is 1. The Kier molecular flexibility index (Phi) is 6.03. The first-order chi connectivity index (χ1) is 13.8. The first-order valence-electron chi connectivity index (χ1n) is 9.24. The van der Waals surface area contributed by atoms with Gasteiger partial charge in [0, 0.05) is 13.6 Å². The summed E-state index contributed by atoms with van der Waals surface area (Å²) in [5, 5.41) is 7.01. The predicted octanol–water partition coefficient (Wildman–Crippen LogP) is 2.81. The van der Waals surface area contributed by atoms with Crippen molar-refractivity contribution in [2.24, 2.45) is 7.05 Å². The quantitative estimate of drug-likeness (QED) is 0.624. The Labute approximate surface area is 170 Å². The number of nitrogens with zero attached hydrogens (tertiary/aromatic N) is 2. The SMILES string of the molecule is Cc1nn(C)c(C)c1S(=O)(=O)Nc1ccccc1C(=O)NCCc1ccccc1. The average Bonchev–Trinajstić information content (AvgIpc) is 2.95. The number of rotatable bonds is 7. The third-order valence-corrected chi connectivity index (χ3v) is 6.29. The molecule has 0 spiro atoms. The van der Waals surface area contributed by atoms with E-state index in [1.54, 1.807) is 45.2 Å². The molecule has 0 aliphatic carbocycles. The van der Waals surface area contributed by atoms with Crippen LogP contribution in [0.2, 0.25) is 0 Å². The lowest BCUT2D eigenvalue weighted by Crippen LogP contribution is -2.27. The molecule has 0 atom stereocenters. The molecule has 1 aromatic heterocycles. The minimum Gasteiger partial charge on any atom is -0.352 e. The third kappa shape index (κ3) is 4.65. The summed E-state index contributed by atoms with van der Waals surface area (Å²) in [5.41, 5.74) is 2.54. The van der Waals surface area contributed by atoms with Crippen molar-refractivity contribution in [1.29, 1.82) is 0 Å². The molecule has 8 heteroatoms. The second kappa shape index (κ2) is 8.48. The van der Waals surface area contributed by atoms with Gasteiger partial charge >= 0.3 is 0 Å². The van der Waals surface area contributed by atoms with Gasteiger partial charge in [-0.05, 0) is 38.0 Å². The number of hydrogen-bond donors (Lipinski definition) is 2. The Hall–Kier alpha value is -3.13. The van der Waals surface area contributed by atoms with Crippen LogP contribution in [-0.4, -0.2) is 30.7 Å². The molecule has 3 rings (SSSR count). The van der Waals surface area contributed by atoms with E-state index in [9.17, 15) is 13.2 Å². The smallest absolute Gasteiger partial charge is 0.265 e. The Morgan fingerprint density at radius 3 is 2.34 bits per heavy atom. The first-order valence-corrected chi connectivity index (χ1v) is 10.7. The van der Waals surface area contributed by atoms with Gasteiger partial charge in [0.25, 0.3) is 15.9 Å².